The number of fused-ring (bicyclic) bond motifs is 1. The number of thioether (sulfide) groups is 2. The summed E-state index contributed by atoms with van der Waals surface area (Å²) < 4.78 is 12.1. The maximum Gasteiger partial charge on any atom is 0.352 e. The Bertz CT molecular complexity index is 1430. The van der Waals surface area contributed by atoms with E-state index in [2.05, 4.69) is 15.5 Å². The van der Waals surface area contributed by atoms with Crippen LogP contribution in [0.3, 0.4) is 0 Å². The van der Waals surface area contributed by atoms with Crippen molar-refractivity contribution in [1.82, 2.24) is 20.4 Å². The van der Waals surface area contributed by atoms with E-state index in [0.717, 1.165) is 14.9 Å². The zero-order valence-corrected chi connectivity index (χ0v) is 23.3. The average molecular weight is 593 g/mol. The number of carboxylic acids is 1. The quantitative estimate of drug-likeness (QED) is 0.276. The molecular formula is C24H21ClN4O6S3. The smallest absolute Gasteiger partial charge is 0.352 e. The lowest BCUT2D eigenvalue weighted by Crippen LogP contribution is -2.70. The van der Waals surface area contributed by atoms with Crippen molar-refractivity contribution >= 4 is 64.2 Å². The van der Waals surface area contributed by atoms with Gasteiger partial charge in [0.05, 0.1) is 5.02 Å². The van der Waals surface area contributed by atoms with Gasteiger partial charge in [0, 0.05) is 11.5 Å². The lowest BCUT2D eigenvalue weighted by molar-refractivity contribution is -0.148. The van der Waals surface area contributed by atoms with Crippen LogP contribution in [0.2, 0.25) is 5.02 Å². The summed E-state index contributed by atoms with van der Waals surface area (Å²) >= 11 is 10.4. The van der Waals surface area contributed by atoms with Crippen LogP contribution in [0, 0.1) is 13.8 Å². The summed E-state index contributed by atoms with van der Waals surface area (Å²) in [5.74, 6) is -0.480. The number of benzene rings is 1. The van der Waals surface area contributed by atoms with E-state index in [1.165, 1.54) is 45.8 Å². The number of nitrogens with one attached hydrogen (secondary N) is 1. The van der Waals surface area contributed by atoms with Gasteiger partial charge >= 0.3 is 5.97 Å². The van der Waals surface area contributed by atoms with Crippen molar-refractivity contribution < 1.29 is 28.6 Å². The molecule has 0 aliphatic carbocycles. The Morgan fingerprint density at radius 2 is 2.11 bits per heavy atom. The van der Waals surface area contributed by atoms with E-state index in [9.17, 15) is 19.5 Å². The summed E-state index contributed by atoms with van der Waals surface area (Å²) in [6.45, 7) is 3.78. The van der Waals surface area contributed by atoms with E-state index in [1.807, 2.05) is 26.0 Å². The molecule has 2 aromatic heterocycles. The van der Waals surface area contributed by atoms with E-state index in [1.54, 1.807) is 12.1 Å². The number of carbonyl (C=O) groups excluding carboxylic acids is 2. The molecule has 2 atom stereocenters. The number of furan rings is 1. The maximum atomic E-state index is 12.9. The summed E-state index contributed by atoms with van der Waals surface area (Å²) in [5, 5.41) is 21.3. The molecule has 5 rings (SSSR count). The molecule has 0 radical (unpaired) electrons. The summed E-state index contributed by atoms with van der Waals surface area (Å²) in [4.78, 5) is 39.1. The van der Waals surface area contributed by atoms with Gasteiger partial charge < -0.3 is 19.6 Å². The van der Waals surface area contributed by atoms with Gasteiger partial charge in [-0.25, -0.2) is 4.79 Å². The minimum absolute atomic E-state index is 0.0185. The highest BCUT2D eigenvalue weighted by Crippen LogP contribution is 2.42. The van der Waals surface area contributed by atoms with E-state index >= 15 is 0 Å². The molecule has 2 aliphatic heterocycles. The summed E-state index contributed by atoms with van der Waals surface area (Å²) in [5.41, 5.74) is 1.45. The Balaban J connectivity index is 1.21. The Morgan fingerprint density at radius 3 is 2.82 bits per heavy atom. The highest BCUT2D eigenvalue weighted by Gasteiger charge is 2.54. The molecule has 2 aliphatic rings. The number of aromatic nitrogens is 2. The molecule has 14 heteroatoms. The van der Waals surface area contributed by atoms with E-state index in [0.29, 0.717) is 33.6 Å². The molecule has 198 valence electrons. The second kappa shape index (κ2) is 11.0. The number of carboxylic acid groups (broad SMARTS) is 1. The summed E-state index contributed by atoms with van der Waals surface area (Å²) in [6.07, 6.45) is 0. The summed E-state index contributed by atoms with van der Waals surface area (Å²) in [6, 6.07) is 7.66. The minimum Gasteiger partial charge on any atom is -0.484 e. The van der Waals surface area contributed by atoms with Gasteiger partial charge in [0.1, 0.15) is 40.2 Å². The predicted molar refractivity (Wildman–Crippen MR) is 144 cm³/mol. The van der Waals surface area contributed by atoms with E-state index in [-0.39, 0.29) is 18.1 Å². The fourth-order valence-corrected chi connectivity index (χ4v) is 7.59. The number of β-lactam (4-membered cyclic amide) rings is 1. The van der Waals surface area contributed by atoms with Crippen molar-refractivity contribution in [3.05, 3.63) is 68.7 Å². The predicted octanol–water partition coefficient (Wildman–Crippen LogP) is 4.12. The number of carbonyl (C=O) groups is 3. The minimum atomic E-state index is -1.18. The second-order valence-corrected chi connectivity index (χ2v) is 12.4. The third-order valence-corrected chi connectivity index (χ3v) is 9.52. The second-order valence-electron chi connectivity index (χ2n) is 8.43. The zero-order valence-electron chi connectivity index (χ0n) is 20.1. The molecule has 1 saturated heterocycles. The number of para-hydroxylation sites is 1. The molecule has 4 heterocycles. The van der Waals surface area contributed by atoms with Crippen LogP contribution in [0.5, 0.6) is 5.75 Å². The number of aliphatic carboxylic acids is 1. The fourth-order valence-electron chi connectivity index (χ4n) is 4.01. The molecule has 0 unspecified atom stereocenters. The normalized spacial score (nSPS) is 18.7. The number of hydrogen-bond acceptors (Lipinski definition) is 10. The monoisotopic (exact) mass is 592 g/mol. The van der Waals surface area contributed by atoms with Gasteiger partial charge in [-0.1, -0.05) is 46.8 Å². The molecule has 3 aromatic rings. The van der Waals surface area contributed by atoms with Crippen LogP contribution in [0.25, 0.3) is 0 Å². The topological polar surface area (TPSA) is 135 Å². The van der Waals surface area contributed by atoms with Crippen LogP contribution in [-0.4, -0.2) is 60.9 Å². The highest BCUT2D eigenvalue weighted by atomic mass is 35.5. The molecule has 0 spiro atoms. The van der Waals surface area contributed by atoms with Gasteiger partial charge in [-0.05, 0) is 43.2 Å². The van der Waals surface area contributed by atoms with Crippen LogP contribution in [0.1, 0.15) is 26.9 Å². The number of halogens is 1. The first-order valence-corrected chi connectivity index (χ1v) is 14.6. The van der Waals surface area contributed by atoms with E-state index in [4.69, 9.17) is 20.8 Å². The largest absolute Gasteiger partial charge is 0.484 e. The van der Waals surface area contributed by atoms with Gasteiger partial charge in [0.25, 0.3) is 11.8 Å². The first-order valence-electron chi connectivity index (χ1n) is 11.3. The number of hydrogen-bond donors (Lipinski definition) is 2. The number of aryl methyl sites for hydroxylation is 2. The number of amides is 2. The Morgan fingerprint density at radius 1 is 1.29 bits per heavy atom. The lowest BCUT2D eigenvalue weighted by Gasteiger charge is -2.49. The van der Waals surface area contributed by atoms with E-state index < -0.39 is 29.2 Å². The van der Waals surface area contributed by atoms with Crippen molar-refractivity contribution in [3.63, 3.8) is 0 Å². The lowest BCUT2D eigenvalue weighted by atomic mass is 10.0. The van der Waals surface area contributed by atoms with Crippen LogP contribution >= 0.6 is 46.5 Å². The first-order chi connectivity index (χ1) is 18.2. The van der Waals surface area contributed by atoms with Gasteiger partial charge in [0.15, 0.2) is 10.1 Å². The molecule has 2 N–H and O–H groups in total. The van der Waals surface area contributed by atoms with Gasteiger partial charge in [-0.3, -0.25) is 14.5 Å². The van der Waals surface area contributed by atoms with Crippen molar-refractivity contribution in [2.45, 2.75) is 36.2 Å². The highest BCUT2D eigenvalue weighted by molar-refractivity contribution is 8.01. The zero-order chi connectivity index (χ0) is 27.0. The van der Waals surface area contributed by atoms with Crippen molar-refractivity contribution in [2.24, 2.45) is 0 Å². The molecule has 1 fully saturated rings. The molecule has 2 amide bonds. The molecule has 1 aromatic carbocycles. The van der Waals surface area contributed by atoms with Crippen LogP contribution in [-0.2, 0) is 16.2 Å². The summed E-state index contributed by atoms with van der Waals surface area (Å²) in [7, 11) is 0. The van der Waals surface area contributed by atoms with Gasteiger partial charge in [-0.15, -0.1) is 22.0 Å². The van der Waals surface area contributed by atoms with Crippen molar-refractivity contribution in [1.29, 1.82) is 0 Å². The van der Waals surface area contributed by atoms with Crippen LogP contribution in [0.15, 0.2) is 50.4 Å². The Kier molecular flexibility index (Phi) is 7.70. The van der Waals surface area contributed by atoms with Crippen molar-refractivity contribution in [2.75, 3.05) is 11.5 Å². The molecule has 0 saturated carbocycles. The van der Waals surface area contributed by atoms with Crippen LogP contribution in [0.4, 0.5) is 0 Å². The standard InChI is InChI=1S/C24H21ClN4O6S3/c1-11-4-3-5-15(25)19(11)34-8-14-6-7-16(35-14)20(30)26-17-21(31)29-18(23(32)33)13(9-36-22(17)29)10-37-24-28-27-12(2)38-24/h3-7,17,22H,8-10H2,1-2H3,(H,26,30)(H,32,33)/t17-,22-/m0/s1. The van der Waals surface area contributed by atoms with Crippen molar-refractivity contribution in [3.8, 4) is 5.75 Å². The number of nitrogens with zero attached hydrogens (tertiary/aromatic N) is 3. The maximum absolute atomic E-state index is 12.9. The molecular weight excluding hydrogens is 572 g/mol. The van der Waals surface area contributed by atoms with Crippen LogP contribution < -0.4 is 10.1 Å². The van der Waals surface area contributed by atoms with Gasteiger partial charge in [0.2, 0.25) is 0 Å². The number of ether oxygens (including phenoxy) is 1. The first kappa shape index (κ1) is 26.6. The number of rotatable bonds is 9. The molecule has 38 heavy (non-hydrogen) atoms. The third kappa shape index (κ3) is 5.28. The average Bonchev–Trinajstić information content (AvgIpc) is 3.53. The third-order valence-electron chi connectivity index (χ3n) is 5.82. The SMILES string of the molecule is Cc1nnc(SCC2=C(C(=O)O)N3C(=O)[C@H](NC(=O)c4ccc(COc5c(C)cccc5Cl)o4)[C@@H]3SC2)s1. The molecule has 0 bridgehead atoms. The Hall–Kier alpha value is -3.00. The fraction of sp³-hybridized carbons (Fsp3) is 0.292. The Labute approximate surface area is 234 Å². The van der Waals surface area contributed by atoms with Gasteiger partial charge in [-0.2, -0.15) is 0 Å². The molecule has 10 nitrogen and oxygen atoms in total.